The summed E-state index contributed by atoms with van der Waals surface area (Å²) in [6.45, 7) is 19.2. The van der Waals surface area contributed by atoms with Crippen LogP contribution in [0.15, 0.2) is 85.5 Å². The number of hydrogen-bond acceptors (Lipinski definition) is 1. The van der Waals surface area contributed by atoms with Crippen LogP contribution < -0.4 is 5.35 Å². The fourth-order valence-corrected chi connectivity index (χ4v) is 4.78. The molecule has 0 spiro atoms. The van der Waals surface area contributed by atoms with E-state index in [0.717, 1.165) is 35.1 Å². The molecule has 0 aliphatic carbocycles. The highest BCUT2D eigenvalue weighted by atomic mass is 16.5. The predicted molar refractivity (Wildman–Crippen MR) is 153 cm³/mol. The lowest BCUT2D eigenvalue weighted by Crippen LogP contribution is -2.09. The number of nitrogens with zero attached hydrogens (tertiary/aromatic N) is 1. The Morgan fingerprint density at radius 1 is 0.829 bits per heavy atom. The van der Waals surface area contributed by atoms with Gasteiger partial charge >= 0.3 is 0 Å². The van der Waals surface area contributed by atoms with E-state index in [1.807, 2.05) is 6.92 Å². The summed E-state index contributed by atoms with van der Waals surface area (Å²) in [7, 11) is 2.08. The topological polar surface area (TPSA) is 14.2 Å². The smallest absolute Gasteiger partial charge is 0.119 e. The summed E-state index contributed by atoms with van der Waals surface area (Å²) in [5, 5.41) is 4.82. The molecule has 0 aliphatic rings. The SMILES string of the molecule is C=C(C)C(=C)CCCCCCCOC(=C)c1ccc(-c2ccc3c4c2cccc4c(=C)n3C)cc1. The van der Waals surface area contributed by atoms with E-state index >= 15 is 0 Å². The zero-order valence-corrected chi connectivity index (χ0v) is 21.3. The van der Waals surface area contributed by atoms with E-state index in [1.165, 1.54) is 64.1 Å². The summed E-state index contributed by atoms with van der Waals surface area (Å²) < 4.78 is 8.12. The molecule has 3 aromatic carbocycles. The Morgan fingerprint density at radius 3 is 2.26 bits per heavy atom. The lowest BCUT2D eigenvalue weighted by atomic mass is 9.96. The van der Waals surface area contributed by atoms with Gasteiger partial charge in [-0.1, -0.05) is 105 Å². The van der Waals surface area contributed by atoms with Crippen LogP contribution in [0.4, 0.5) is 0 Å². The zero-order valence-electron chi connectivity index (χ0n) is 21.3. The summed E-state index contributed by atoms with van der Waals surface area (Å²) >= 11 is 0. The molecule has 0 saturated heterocycles. The molecule has 1 aromatic heterocycles. The Hall–Kier alpha value is -3.52. The zero-order chi connectivity index (χ0) is 24.9. The highest BCUT2D eigenvalue weighted by Gasteiger charge is 2.12. The molecule has 1 heterocycles. The van der Waals surface area contributed by atoms with Crippen LogP contribution in [0.5, 0.6) is 0 Å². The van der Waals surface area contributed by atoms with Crippen molar-refractivity contribution in [2.24, 2.45) is 7.05 Å². The fraction of sp³-hybridized carbons (Fsp3) is 0.273. The molecule has 0 amide bonds. The van der Waals surface area contributed by atoms with Gasteiger partial charge in [-0.2, -0.15) is 0 Å². The Balaban J connectivity index is 1.32. The second kappa shape index (κ2) is 10.8. The van der Waals surface area contributed by atoms with Crippen LogP contribution in [0.25, 0.3) is 45.1 Å². The lowest BCUT2D eigenvalue weighted by molar-refractivity contribution is 0.267. The number of rotatable bonds is 12. The molecule has 0 saturated carbocycles. The standard InChI is InChI=1S/C33H37NO/c1-23(2)24(3)13-10-8-7-9-11-22-35-26(5)27-16-18-28(19-17-27)30-20-21-32-33-29(25(4)34(32)6)14-12-15-31(30)33/h12,14-21H,1,3-5,7-11,13,22H2,2,6H3. The van der Waals surface area contributed by atoms with Crippen LogP contribution in [0.3, 0.4) is 0 Å². The van der Waals surface area contributed by atoms with Crippen LogP contribution >= 0.6 is 0 Å². The Kier molecular flexibility index (Phi) is 7.60. The normalized spacial score (nSPS) is 11.3. The van der Waals surface area contributed by atoms with E-state index in [2.05, 4.69) is 92.5 Å². The first-order valence-corrected chi connectivity index (χ1v) is 12.6. The third kappa shape index (κ3) is 5.27. The van der Waals surface area contributed by atoms with Gasteiger partial charge in [-0.3, -0.25) is 0 Å². The summed E-state index contributed by atoms with van der Waals surface area (Å²) in [4.78, 5) is 0. The van der Waals surface area contributed by atoms with Crippen molar-refractivity contribution < 1.29 is 4.74 Å². The van der Waals surface area contributed by atoms with Gasteiger partial charge in [0, 0.05) is 34.2 Å². The van der Waals surface area contributed by atoms with Crippen molar-refractivity contribution in [3.63, 3.8) is 0 Å². The van der Waals surface area contributed by atoms with Crippen molar-refractivity contribution in [2.45, 2.75) is 45.4 Å². The van der Waals surface area contributed by atoms with Gasteiger partial charge in [-0.15, -0.1) is 0 Å². The number of aromatic nitrogens is 1. The molecule has 4 rings (SSSR count). The van der Waals surface area contributed by atoms with Gasteiger partial charge in [0.1, 0.15) is 5.76 Å². The molecule has 0 unspecified atom stereocenters. The molecule has 2 heteroatoms. The quantitative estimate of drug-likeness (QED) is 0.117. The van der Waals surface area contributed by atoms with Gasteiger partial charge in [-0.25, -0.2) is 0 Å². The van der Waals surface area contributed by atoms with E-state index in [4.69, 9.17) is 4.74 Å². The minimum absolute atomic E-state index is 0.714. The number of benzene rings is 3. The first kappa shape index (κ1) is 24.6. The second-order valence-corrected chi connectivity index (χ2v) is 9.62. The summed E-state index contributed by atoms with van der Waals surface area (Å²) in [6, 6.07) is 19.5. The van der Waals surface area contributed by atoms with Gasteiger partial charge < -0.3 is 9.30 Å². The number of ether oxygens (including phenoxy) is 1. The third-order valence-electron chi connectivity index (χ3n) is 7.12. The van der Waals surface area contributed by atoms with E-state index < -0.39 is 0 Å². The highest BCUT2D eigenvalue weighted by Crippen LogP contribution is 2.34. The van der Waals surface area contributed by atoms with Crippen LogP contribution in [-0.4, -0.2) is 11.2 Å². The molecule has 0 atom stereocenters. The van der Waals surface area contributed by atoms with Crippen molar-refractivity contribution in [3.8, 4) is 11.1 Å². The molecule has 0 aliphatic heterocycles. The Labute approximate surface area is 209 Å². The number of allylic oxidation sites excluding steroid dienone is 2. The van der Waals surface area contributed by atoms with Crippen LogP contribution in [0.2, 0.25) is 0 Å². The van der Waals surface area contributed by atoms with Crippen molar-refractivity contribution in [3.05, 3.63) is 96.4 Å². The first-order valence-electron chi connectivity index (χ1n) is 12.6. The second-order valence-electron chi connectivity index (χ2n) is 9.62. The van der Waals surface area contributed by atoms with Crippen molar-refractivity contribution in [1.29, 1.82) is 0 Å². The summed E-state index contributed by atoms with van der Waals surface area (Å²) in [5.74, 6) is 0.743. The average molecular weight is 464 g/mol. The van der Waals surface area contributed by atoms with Crippen molar-refractivity contribution in [1.82, 2.24) is 4.57 Å². The van der Waals surface area contributed by atoms with Gasteiger partial charge in [0.2, 0.25) is 0 Å². The number of hydrogen-bond donors (Lipinski definition) is 0. The first-order chi connectivity index (χ1) is 16.9. The largest absolute Gasteiger partial charge is 0.494 e. The molecule has 35 heavy (non-hydrogen) atoms. The molecule has 4 aromatic rings. The average Bonchev–Trinajstić information content (AvgIpc) is 3.12. The number of unbranched alkanes of at least 4 members (excludes halogenated alkanes) is 4. The highest BCUT2D eigenvalue weighted by molar-refractivity contribution is 6.14. The van der Waals surface area contributed by atoms with Gasteiger partial charge in [0.25, 0.3) is 0 Å². The summed E-state index contributed by atoms with van der Waals surface area (Å²) in [6.07, 6.45) is 6.95. The van der Waals surface area contributed by atoms with Crippen LogP contribution in [0, 0.1) is 0 Å². The molecular formula is C33H37NO. The van der Waals surface area contributed by atoms with Gasteiger partial charge in [0.15, 0.2) is 0 Å². The molecule has 0 bridgehead atoms. The monoisotopic (exact) mass is 463 g/mol. The molecule has 180 valence electrons. The molecule has 0 N–H and O–H groups in total. The Bertz CT molecular complexity index is 1420. The third-order valence-corrected chi connectivity index (χ3v) is 7.12. The van der Waals surface area contributed by atoms with E-state index in [-0.39, 0.29) is 0 Å². The maximum atomic E-state index is 5.95. The molecule has 2 nitrogen and oxygen atoms in total. The van der Waals surface area contributed by atoms with Gasteiger partial charge in [-0.05, 0) is 48.8 Å². The van der Waals surface area contributed by atoms with E-state index in [9.17, 15) is 0 Å². The van der Waals surface area contributed by atoms with E-state index in [0.29, 0.717) is 6.61 Å². The summed E-state index contributed by atoms with van der Waals surface area (Å²) in [5.41, 5.74) is 6.97. The lowest BCUT2D eigenvalue weighted by Gasteiger charge is -2.12. The minimum Gasteiger partial charge on any atom is -0.494 e. The molecule has 0 fully saturated rings. The maximum Gasteiger partial charge on any atom is 0.119 e. The van der Waals surface area contributed by atoms with Crippen molar-refractivity contribution in [2.75, 3.05) is 6.61 Å². The minimum atomic E-state index is 0.714. The molecule has 0 radical (unpaired) electrons. The van der Waals surface area contributed by atoms with Crippen LogP contribution in [0.1, 0.15) is 51.0 Å². The van der Waals surface area contributed by atoms with Crippen LogP contribution in [-0.2, 0) is 11.8 Å². The van der Waals surface area contributed by atoms with Crippen molar-refractivity contribution >= 4 is 34.0 Å². The number of aryl methyl sites for hydroxylation is 1. The van der Waals surface area contributed by atoms with Gasteiger partial charge in [0.05, 0.1) is 6.61 Å². The Morgan fingerprint density at radius 2 is 1.51 bits per heavy atom. The maximum absolute atomic E-state index is 5.95. The molecular weight excluding hydrogens is 426 g/mol. The predicted octanol–water partition coefficient (Wildman–Crippen LogP) is 8.59. The van der Waals surface area contributed by atoms with E-state index in [1.54, 1.807) is 0 Å². The fourth-order valence-electron chi connectivity index (χ4n) is 4.78.